The molecule has 3 aromatic rings. The minimum atomic E-state index is -0.891. The second-order valence-electron chi connectivity index (χ2n) is 13.4. The first-order valence-corrected chi connectivity index (χ1v) is 16.1. The van der Waals surface area contributed by atoms with Crippen LogP contribution in [0.1, 0.15) is 49.1 Å². The summed E-state index contributed by atoms with van der Waals surface area (Å²) in [6, 6.07) is 11.5. The Balaban J connectivity index is 1.47. The molecule has 11 heteroatoms. The molecular weight excluding hydrogens is 586 g/mol. The highest BCUT2D eigenvalue weighted by atomic mass is 16.7. The van der Waals surface area contributed by atoms with Gasteiger partial charge in [0.1, 0.15) is 12.4 Å². The first-order valence-electron chi connectivity index (χ1n) is 16.1. The van der Waals surface area contributed by atoms with Gasteiger partial charge in [-0.05, 0) is 42.7 Å². The molecule has 1 amide bonds. The zero-order valence-electron chi connectivity index (χ0n) is 27.9. The fourth-order valence-electron chi connectivity index (χ4n) is 6.81. The molecule has 46 heavy (non-hydrogen) atoms. The average molecular weight is 635 g/mol. The van der Waals surface area contributed by atoms with Crippen LogP contribution in [-0.4, -0.2) is 96.6 Å². The van der Waals surface area contributed by atoms with Crippen molar-refractivity contribution < 1.29 is 33.4 Å². The van der Waals surface area contributed by atoms with Crippen LogP contribution < -0.4 is 19.1 Å². The van der Waals surface area contributed by atoms with Crippen LogP contribution in [0.3, 0.4) is 0 Å². The van der Waals surface area contributed by atoms with Crippen molar-refractivity contribution in [3.8, 4) is 17.2 Å². The Bertz CT molecular complexity index is 1530. The summed E-state index contributed by atoms with van der Waals surface area (Å²) in [5.74, 6) is 0.371. The van der Waals surface area contributed by atoms with E-state index in [1.54, 1.807) is 13.3 Å². The maximum absolute atomic E-state index is 14.3. The predicted octanol–water partition coefficient (Wildman–Crippen LogP) is 4.30. The van der Waals surface area contributed by atoms with Gasteiger partial charge in [0.2, 0.25) is 18.4 Å². The number of likely N-dealkylation sites (tertiary alicyclic amines) is 1. The van der Waals surface area contributed by atoms with Crippen molar-refractivity contribution in [2.24, 2.45) is 13.0 Å². The van der Waals surface area contributed by atoms with Gasteiger partial charge in [0.25, 0.3) is 0 Å². The Morgan fingerprint density at radius 2 is 1.98 bits per heavy atom. The first kappa shape index (κ1) is 33.3. The fraction of sp³-hybridized carbons (Fsp3) is 0.514. The normalized spacial score (nSPS) is 19.4. The highest BCUT2D eigenvalue weighted by Crippen LogP contribution is 2.47. The number of hydrogen-bond acceptors (Lipinski definition) is 7. The number of fused-ring (bicyclic) bond motifs is 1. The number of aromatic nitrogens is 2. The molecule has 5 rings (SSSR count). The van der Waals surface area contributed by atoms with Gasteiger partial charge in [-0.2, -0.15) is 0 Å². The van der Waals surface area contributed by atoms with Crippen molar-refractivity contribution in [3.05, 3.63) is 65.7 Å². The number of anilines is 1. The average Bonchev–Trinajstić information content (AvgIpc) is 3.73. The number of carboxylic acid groups (broad SMARTS) is 1. The van der Waals surface area contributed by atoms with Gasteiger partial charge in [-0.15, -0.1) is 0 Å². The summed E-state index contributed by atoms with van der Waals surface area (Å²) in [5.41, 5.74) is 2.83. The number of unbranched alkanes of at least 4 members (excludes halogenated alkanes) is 1. The zero-order valence-corrected chi connectivity index (χ0v) is 27.9. The quantitative estimate of drug-likeness (QED) is 0.262. The molecule has 0 bridgehead atoms. The molecule has 1 aromatic heterocycles. The molecule has 2 aliphatic heterocycles. The number of imidazole rings is 1. The summed E-state index contributed by atoms with van der Waals surface area (Å²) in [6.07, 6.45) is 6.59. The van der Waals surface area contributed by atoms with Gasteiger partial charge < -0.3 is 33.3 Å². The minimum absolute atomic E-state index is 0.0362. The Kier molecular flexibility index (Phi) is 10.2. The van der Waals surface area contributed by atoms with Gasteiger partial charge in [-0.25, -0.2) is 4.98 Å². The first-order chi connectivity index (χ1) is 22.0. The van der Waals surface area contributed by atoms with Gasteiger partial charge in [-0.3, -0.25) is 14.5 Å². The van der Waals surface area contributed by atoms with Crippen LogP contribution >= 0.6 is 0 Å². The molecule has 0 unspecified atom stereocenters. The second-order valence-corrected chi connectivity index (χ2v) is 13.4. The van der Waals surface area contributed by atoms with E-state index in [1.807, 2.05) is 47.0 Å². The minimum Gasteiger partial charge on any atom is -0.493 e. The summed E-state index contributed by atoms with van der Waals surface area (Å²) in [6.45, 7) is 4.15. The number of nitrogens with zero attached hydrogens (tertiary/aromatic N) is 5. The number of carbonyl (C=O) groups excluding carboxylic acids is 1. The van der Waals surface area contributed by atoms with Crippen LogP contribution in [0.25, 0.3) is 0 Å². The molecule has 0 spiro atoms. The lowest BCUT2D eigenvalue weighted by Crippen LogP contribution is -2.45. The van der Waals surface area contributed by atoms with Crippen LogP contribution in [0.15, 0.2) is 48.8 Å². The molecule has 3 atom stereocenters. The molecular formula is C35H48N5O6+. The third kappa shape index (κ3) is 7.47. The number of hydrogen-bond donors (Lipinski definition) is 1. The van der Waals surface area contributed by atoms with Crippen molar-refractivity contribution in [1.82, 2.24) is 14.5 Å². The number of rotatable bonds is 14. The summed E-state index contributed by atoms with van der Waals surface area (Å²) in [4.78, 5) is 35.8. The highest BCUT2D eigenvalue weighted by Gasteiger charge is 2.47. The van der Waals surface area contributed by atoms with Crippen molar-refractivity contribution >= 4 is 17.6 Å². The molecule has 248 valence electrons. The molecule has 0 aliphatic carbocycles. The summed E-state index contributed by atoms with van der Waals surface area (Å²) in [5, 5.41) is 10.7. The Labute approximate surface area is 271 Å². The summed E-state index contributed by atoms with van der Waals surface area (Å²) >= 11 is 0. The second kappa shape index (κ2) is 14.1. The molecule has 0 saturated carbocycles. The Morgan fingerprint density at radius 3 is 2.65 bits per heavy atom. The molecule has 1 fully saturated rings. The zero-order chi connectivity index (χ0) is 33.0. The lowest BCUT2D eigenvalue weighted by molar-refractivity contribution is -0.884. The van der Waals surface area contributed by atoms with Gasteiger partial charge >= 0.3 is 5.97 Å². The third-order valence-electron chi connectivity index (χ3n) is 8.98. The number of carbonyl (C=O) groups is 2. The van der Waals surface area contributed by atoms with E-state index in [4.69, 9.17) is 14.2 Å². The maximum atomic E-state index is 14.3. The van der Waals surface area contributed by atoms with Crippen LogP contribution in [-0.2, 0) is 29.6 Å². The standard InChI is InChI=1S/C35H47N5O6/c1-7-8-15-39(26-11-9-10-24(17-26)22-40(3,4)5)32(41)21-38-20-27(25-18-29(44-6)34-30(19-25)45-23-46-34)33(35(42)43)28(38)12-13-31-36-14-16-37(31)2/h9-11,14,16-19,27-28,33H,7-8,12-13,15,20-23H2,1-6H3/p+1/t27-,28+,33-/m1/s1. The van der Waals surface area contributed by atoms with Gasteiger partial charge in [0.15, 0.2) is 11.5 Å². The van der Waals surface area contributed by atoms with Gasteiger partial charge in [-0.1, -0.05) is 25.5 Å². The fourth-order valence-corrected chi connectivity index (χ4v) is 6.81. The molecule has 1 N–H and O–H groups in total. The number of benzene rings is 2. The van der Waals surface area contributed by atoms with E-state index in [0.717, 1.165) is 46.5 Å². The number of amides is 1. The summed E-state index contributed by atoms with van der Waals surface area (Å²) < 4.78 is 19.6. The number of aryl methyl sites for hydroxylation is 2. The third-order valence-corrected chi connectivity index (χ3v) is 8.98. The number of ether oxygens (including phenoxy) is 3. The largest absolute Gasteiger partial charge is 0.493 e. The molecule has 2 aromatic carbocycles. The molecule has 2 aliphatic rings. The number of quaternary nitrogens is 1. The number of aliphatic carboxylic acids is 1. The SMILES string of the molecule is CCCCN(C(=O)CN1C[C@H](c2cc(OC)c3c(c2)OCO3)[C@@H](C(=O)O)[C@@H]1CCc1nccn1C)c1cccc(C[N+](C)(C)C)c1. The van der Waals surface area contributed by atoms with E-state index in [-0.39, 0.29) is 19.2 Å². The smallest absolute Gasteiger partial charge is 0.308 e. The van der Waals surface area contributed by atoms with E-state index in [1.165, 1.54) is 0 Å². The van der Waals surface area contributed by atoms with Crippen LogP contribution in [0.5, 0.6) is 17.2 Å². The Hall–Kier alpha value is -4.09. The molecule has 0 radical (unpaired) electrons. The monoisotopic (exact) mass is 634 g/mol. The number of carboxylic acids is 1. The summed E-state index contributed by atoms with van der Waals surface area (Å²) in [7, 11) is 9.95. The lowest BCUT2D eigenvalue weighted by atomic mass is 9.83. The molecule has 3 heterocycles. The van der Waals surface area contributed by atoms with E-state index in [9.17, 15) is 14.7 Å². The lowest BCUT2D eigenvalue weighted by Gasteiger charge is -2.30. The van der Waals surface area contributed by atoms with Crippen LogP contribution in [0.4, 0.5) is 5.69 Å². The van der Waals surface area contributed by atoms with Crippen molar-refractivity contribution in [2.75, 3.05) is 59.6 Å². The van der Waals surface area contributed by atoms with Crippen molar-refractivity contribution in [3.63, 3.8) is 0 Å². The van der Waals surface area contributed by atoms with Crippen LogP contribution in [0.2, 0.25) is 0 Å². The van der Waals surface area contributed by atoms with E-state index >= 15 is 0 Å². The van der Waals surface area contributed by atoms with E-state index in [2.05, 4.69) is 50.1 Å². The van der Waals surface area contributed by atoms with E-state index in [0.29, 0.717) is 43.2 Å². The van der Waals surface area contributed by atoms with Gasteiger partial charge in [0, 0.05) is 62.2 Å². The molecule has 1 saturated heterocycles. The van der Waals surface area contributed by atoms with Gasteiger partial charge in [0.05, 0.1) is 40.7 Å². The highest BCUT2D eigenvalue weighted by molar-refractivity contribution is 5.95. The number of methoxy groups -OCH3 is 1. The van der Waals surface area contributed by atoms with Crippen molar-refractivity contribution in [2.45, 2.75) is 51.1 Å². The Morgan fingerprint density at radius 1 is 1.17 bits per heavy atom. The van der Waals surface area contributed by atoms with E-state index < -0.39 is 23.8 Å². The van der Waals surface area contributed by atoms with Crippen LogP contribution in [0, 0.1) is 5.92 Å². The topological polar surface area (TPSA) is 106 Å². The maximum Gasteiger partial charge on any atom is 0.308 e. The van der Waals surface area contributed by atoms with Crippen molar-refractivity contribution in [1.29, 1.82) is 0 Å². The predicted molar refractivity (Wildman–Crippen MR) is 175 cm³/mol. The molecule has 11 nitrogen and oxygen atoms in total.